The van der Waals surface area contributed by atoms with E-state index in [0.29, 0.717) is 5.92 Å². The molecule has 78 valence electrons. The van der Waals surface area contributed by atoms with Crippen molar-refractivity contribution in [3.8, 4) is 0 Å². The molecule has 1 aromatic carbocycles. The van der Waals surface area contributed by atoms with Gasteiger partial charge in [-0.15, -0.1) is 0 Å². The molecule has 3 nitrogen and oxygen atoms in total. The summed E-state index contributed by atoms with van der Waals surface area (Å²) in [6.45, 7) is 2.15. The molecule has 1 N–H and O–H groups in total. The first kappa shape index (κ1) is 9.90. The van der Waals surface area contributed by atoms with Crippen molar-refractivity contribution in [1.29, 1.82) is 0 Å². The molecule has 15 heavy (non-hydrogen) atoms. The highest BCUT2D eigenvalue weighted by Crippen LogP contribution is 2.27. The molecule has 0 fully saturated rings. The Labute approximate surface area is 87.7 Å². The number of benzene rings is 1. The lowest BCUT2D eigenvalue weighted by atomic mass is 10.0. The molecule has 0 heterocycles. The van der Waals surface area contributed by atoms with Crippen molar-refractivity contribution in [1.82, 2.24) is 0 Å². The van der Waals surface area contributed by atoms with Crippen molar-refractivity contribution >= 4 is 11.8 Å². The van der Waals surface area contributed by atoms with Crippen molar-refractivity contribution in [2.45, 2.75) is 19.8 Å². The highest BCUT2D eigenvalue weighted by atomic mass is 16.4. The maximum Gasteiger partial charge on any atom is 0.377 e. The monoisotopic (exact) mass is 204 g/mol. The number of fused-ring (bicyclic) bond motifs is 1. The van der Waals surface area contributed by atoms with Gasteiger partial charge in [0, 0.05) is 5.56 Å². The number of aliphatic carboxylic acids is 1. The number of carbonyl (C=O) groups is 2. The summed E-state index contributed by atoms with van der Waals surface area (Å²) in [6.07, 6.45) is 1.97. The van der Waals surface area contributed by atoms with E-state index in [9.17, 15) is 9.59 Å². The number of rotatable bonds is 2. The highest BCUT2D eigenvalue weighted by molar-refractivity contribution is 6.39. The summed E-state index contributed by atoms with van der Waals surface area (Å²) in [5, 5.41) is 8.59. The average Bonchev–Trinajstić information content (AvgIpc) is 2.55. The van der Waals surface area contributed by atoms with E-state index in [2.05, 4.69) is 6.92 Å². The van der Waals surface area contributed by atoms with Crippen molar-refractivity contribution in [3.63, 3.8) is 0 Å². The SMILES string of the molecule is CC1Cc2ccc(C(=O)C(=O)O)cc2C1. The second-order valence-corrected chi connectivity index (χ2v) is 4.13. The van der Waals surface area contributed by atoms with E-state index in [1.54, 1.807) is 12.1 Å². The standard InChI is InChI=1S/C12H12O3/c1-7-4-8-2-3-9(6-10(8)5-7)11(13)12(14)15/h2-3,6-7H,4-5H2,1H3,(H,14,15). The van der Waals surface area contributed by atoms with Crippen LogP contribution in [0.3, 0.4) is 0 Å². The first-order valence-corrected chi connectivity index (χ1v) is 4.97. The first-order chi connectivity index (χ1) is 7.08. The Morgan fingerprint density at radius 3 is 2.60 bits per heavy atom. The lowest BCUT2D eigenvalue weighted by Gasteiger charge is -2.00. The van der Waals surface area contributed by atoms with Crippen molar-refractivity contribution < 1.29 is 14.7 Å². The summed E-state index contributed by atoms with van der Waals surface area (Å²) in [4.78, 5) is 21.7. The van der Waals surface area contributed by atoms with Crippen LogP contribution in [0, 0.1) is 5.92 Å². The molecule has 0 aliphatic heterocycles. The van der Waals surface area contributed by atoms with Gasteiger partial charge in [0.15, 0.2) is 0 Å². The number of hydrogen-bond donors (Lipinski definition) is 1. The third-order valence-electron chi connectivity index (χ3n) is 2.80. The van der Waals surface area contributed by atoms with Crippen LogP contribution in [-0.4, -0.2) is 16.9 Å². The van der Waals surface area contributed by atoms with Gasteiger partial charge in [-0.2, -0.15) is 0 Å². The van der Waals surface area contributed by atoms with Crippen LogP contribution in [0.15, 0.2) is 18.2 Å². The fourth-order valence-electron chi connectivity index (χ4n) is 2.10. The van der Waals surface area contributed by atoms with E-state index in [1.165, 1.54) is 5.56 Å². The minimum absolute atomic E-state index is 0.287. The molecule has 0 saturated carbocycles. The Hall–Kier alpha value is -1.64. The number of hydrogen-bond acceptors (Lipinski definition) is 2. The largest absolute Gasteiger partial charge is 0.475 e. The van der Waals surface area contributed by atoms with Gasteiger partial charge in [0.1, 0.15) is 0 Å². The Kier molecular flexibility index (Phi) is 2.31. The molecule has 3 heteroatoms. The van der Waals surface area contributed by atoms with Gasteiger partial charge in [-0.1, -0.05) is 19.1 Å². The van der Waals surface area contributed by atoms with Gasteiger partial charge < -0.3 is 5.11 Å². The van der Waals surface area contributed by atoms with Gasteiger partial charge in [0.2, 0.25) is 0 Å². The summed E-state index contributed by atoms with van der Waals surface area (Å²) in [7, 11) is 0. The van der Waals surface area contributed by atoms with Gasteiger partial charge in [-0.25, -0.2) is 4.79 Å². The summed E-state index contributed by atoms with van der Waals surface area (Å²) in [6, 6.07) is 5.19. The van der Waals surface area contributed by atoms with E-state index in [4.69, 9.17) is 5.11 Å². The zero-order valence-electron chi connectivity index (χ0n) is 8.49. The fraction of sp³-hybridized carbons (Fsp3) is 0.333. The smallest absolute Gasteiger partial charge is 0.377 e. The maximum absolute atomic E-state index is 11.2. The van der Waals surface area contributed by atoms with Crippen LogP contribution in [0.1, 0.15) is 28.4 Å². The zero-order chi connectivity index (χ0) is 11.0. The summed E-state index contributed by atoms with van der Waals surface area (Å²) < 4.78 is 0. The molecular formula is C12H12O3. The lowest BCUT2D eigenvalue weighted by molar-refractivity contribution is -0.131. The van der Waals surface area contributed by atoms with E-state index in [0.717, 1.165) is 18.4 Å². The summed E-state index contributed by atoms with van der Waals surface area (Å²) in [5.74, 6) is -1.62. The number of carboxylic acids is 1. The molecule has 0 bridgehead atoms. The number of carboxylic acid groups (broad SMARTS) is 1. The van der Waals surface area contributed by atoms with Crippen LogP contribution in [-0.2, 0) is 17.6 Å². The molecule has 1 aliphatic carbocycles. The average molecular weight is 204 g/mol. The normalized spacial score (nSPS) is 18.6. The van der Waals surface area contributed by atoms with Gasteiger partial charge >= 0.3 is 5.97 Å². The molecule has 0 amide bonds. The molecular weight excluding hydrogens is 192 g/mol. The molecule has 1 atom stereocenters. The Bertz CT molecular complexity index is 434. The van der Waals surface area contributed by atoms with Crippen LogP contribution >= 0.6 is 0 Å². The van der Waals surface area contributed by atoms with Crippen LogP contribution in [0.5, 0.6) is 0 Å². The van der Waals surface area contributed by atoms with E-state index < -0.39 is 11.8 Å². The van der Waals surface area contributed by atoms with Crippen molar-refractivity contribution in [2.24, 2.45) is 5.92 Å². The van der Waals surface area contributed by atoms with E-state index in [-0.39, 0.29) is 5.56 Å². The van der Waals surface area contributed by atoms with Crippen molar-refractivity contribution in [2.75, 3.05) is 0 Å². The number of Topliss-reactive ketones (excluding diaryl/α,β-unsaturated/α-hetero) is 1. The van der Waals surface area contributed by atoms with Gasteiger partial charge in [-0.05, 0) is 36.0 Å². The number of carbonyl (C=O) groups excluding carboxylic acids is 1. The predicted molar refractivity (Wildman–Crippen MR) is 55.0 cm³/mol. The van der Waals surface area contributed by atoms with Crippen LogP contribution < -0.4 is 0 Å². The van der Waals surface area contributed by atoms with E-state index >= 15 is 0 Å². The second-order valence-electron chi connectivity index (χ2n) is 4.13. The second kappa shape index (κ2) is 3.50. The first-order valence-electron chi connectivity index (χ1n) is 4.97. The molecule has 1 aromatic rings. The molecule has 0 saturated heterocycles. The van der Waals surface area contributed by atoms with E-state index in [1.807, 2.05) is 6.07 Å². The molecule has 1 unspecified atom stereocenters. The topological polar surface area (TPSA) is 54.4 Å². The summed E-state index contributed by atoms with van der Waals surface area (Å²) in [5.41, 5.74) is 2.65. The molecule has 0 spiro atoms. The van der Waals surface area contributed by atoms with Crippen LogP contribution in [0.2, 0.25) is 0 Å². The third-order valence-corrected chi connectivity index (χ3v) is 2.80. The Morgan fingerprint density at radius 2 is 1.93 bits per heavy atom. The molecule has 0 radical (unpaired) electrons. The highest BCUT2D eigenvalue weighted by Gasteiger charge is 2.21. The lowest BCUT2D eigenvalue weighted by Crippen LogP contribution is -2.12. The molecule has 2 rings (SSSR count). The van der Waals surface area contributed by atoms with Crippen LogP contribution in [0.25, 0.3) is 0 Å². The summed E-state index contributed by atoms with van der Waals surface area (Å²) >= 11 is 0. The van der Waals surface area contributed by atoms with Gasteiger partial charge in [0.25, 0.3) is 5.78 Å². The number of ketones is 1. The Morgan fingerprint density at radius 1 is 1.27 bits per heavy atom. The third kappa shape index (κ3) is 1.77. The molecule has 0 aromatic heterocycles. The Balaban J connectivity index is 2.35. The minimum Gasteiger partial charge on any atom is -0.475 e. The quantitative estimate of drug-likeness (QED) is 0.589. The van der Waals surface area contributed by atoms with Gasteiger partial charge in [-0.3, -0.25) is 4.79 Å². The zero-order valence-corrected chi connectivity index (χ0v) is 8.49. The molecule has 1 aliphatic rings. The maximum atomic E-state index is 11.2. The van der Waals surface area contributed by atoms with Crippen LogP contribution in [0.4, 0.5) is 0 Å². The predicted octanol–water partition coefficient (Wildman–Crippen LogP) is 1.69. The fourth-order valence-corrected chi connectivity index (χ4v) is 2.10. The van der Waals surface area contributed by atoms with Crippen molar-refractivity contribution in [3.05, 3.63) is 34.9 Å². The van der Waals surface area contributed by atoms with Gasteiger partial charge in [0.05, 0.1) is 0 Å². The minimum atomic E-state index is -1.39.